The van der Waals surface area contributed by atoms with Crippen LogP contribution >= 0.6 is 11.8 Å². The van der Waals surface area contributed by atoms with Crippen molar-refractivity contribution in [3.8, 4) is 0 Å². The number of hydrogen-bond acceptors (Lipinski definition) is 3. The van der Waals surface area contributed by atoms with E-state index in [1.165, 1.54) is 0 Å². The second-order valence-corrected chi connectivity index (χ2v) is 5.56. The van der Waals surface area contributed by atoms with Gasteiger partial charge in [0.1, 0.15) is 0 Å². The summed E-state index contributed by atoms with van der Waals surface area (Å²) in [4.78, 5) is 14.4. The van der Waals surface area contributed by atoms with E-state index in [-0.39, 0.29) is 0 Å². The summed E-state index contributed by atoms with van der Waals surface area (Å²) in [6.45, 7) is 6.23. The molecule has 1 unspecified atom stereocenters. The molecule has 1 aromatic carbocycles. The molecule has 0 spiro atoms. The Morgan fingerprint density at radius 1 is 1.44 bits per heavy atom. The lowest BCUT2D eigenvalue weighted by atomic mass is 10.1. The van der Waals surface area contributed by atoms with E-state index in [2.05, 4.69) is 13.8 Å². The average molecular weight is 267 g/mol. The fraction of sp³-hybridized carbons (Fsp3) is 0.500. The van der Waals surface area contributed by atoms with Crippen LogP contribution in [0.1, 0.15) is 37.6 Å². The highest BCUT2D eigenvalue weighted by molar-refractivity contribution is 7.99. The van der Waals surface area contributed by atoms with Gasteiger partial charge in [0.25, 0.3) is 0 Å². The topological polar surface area (TPSA) is 40.5 Å². The molecule has 0 aliphatic rings. The summed E-state index contributed by atoms with van der Waals surface area (Å²) in [5.74, 6) is 0.0215. The Morgan fingerprint density at radius 3 is 2.61 bits per heavy atom. The molecule has 1 N–H and O–H groups in total. The zero-order valence-electron chi connectivity index (χ0n) is 11.4. The van der Waals surface area contributed by atoms with Crippen molar-refractivity contribution in [2.45, 2.75) is 38.1 Å². The van der Waals surface area contributed by atoms with E-state index in [0.717, 1.165) is 22.8 Å². The molecule has 4 heteroatoms. The fourth-order valence-corrected chi connectivity index (χ4v) is 2.64. The lowest BCUT2D eigenvalue weighted by molar-refractivity contribution is 0.0694. The number of hydrogen-bond donors (Lipinski definition) is 1. The van der Waals surface area contributed by atoms with Gasteiger partial charge in [0.2, 0.25) is 0 Å². The van der Waals surface area contributed by atoms with Gasteiger partial charge in [-0.25, -0.2) is 4.79 Å². The maximum absolute atomic E-state index is 11.5. The molecule has 0 fully saturated rings. The van der Waals surface area contributed by atoms with Crippen molar-refractivity contribution in [2.75, 3.05) is 17.7 Å². The summed E-state index contributed by atoms with van der Waals surface area (Å²) in [5, 5.41) is 9.44. The second kappa shape index (κ2) is 6.69. The molecule has 0 aliphatic heterocycles. The summed E-state index contributed by atoms with van der Waals surface area (Å²) in [7, 11) is 1.95. The van der Waals surface area contributed by atoms with Gasteiger partial charge in [-0.1, -0.05) is 19.9 Å². The van der Waals surface area contributed by atoms with Crippen LogP contribution in [0.4, 0.5) is 5.69 Å². The van der Waals surface area contributed by atoms with E-state index in [4.69, 9.17) is 0 Å². The van der Waals surface area contributed by atoms with Crippen LogP contribution in [0.2, 0.25) is 0 Å². The number of rotatable bonds is 6. The summed E-state index contributed by atoms with van der Waals surface area (Å²) in [6, 6.07) is 6.02. The minimum Gasteiger partial charge on any atom is -0.478 e. The van der Waals surface area contributed by atoms with Gasteiger partial charge in [-0.15, -0.1) is 11.8 Å². The number of nitrogens with zero attached hydrogens (tertiary/aromatic N) is 1. The van der Waals surface area contributed by atoms with E-state index in [0.29, 0.717) is 11.6 Å². The maximum Gasteiger partial charge on any atom is 0.338 e. The Kier molecular flexibility index (Phi) is 5.54. The summed E-state index contributed by atoms with van der Waals surface area (Å²) < 4.78 is 0. The van der Waals surface area contributed by atoms with Gasteiger partial charge >= 0.3 is 5.97 Å². The minimum absolute atomic E-state index is 0.324. The van der Waals surface area contributed by atoms with Crippen LogP contribution in [0, 0.1) is 0 Å². The number of aromatic carboxylic acids is 1. The Balaban J connectivity index is 3.26. The molecule has 0 bridgehead atoms. The number of carbonyl (C=O) groups is 1. The fourth-order valence-electron chi connectivity index (χ4n) is 1.82. The molecule has 0 aliphatic carbocycles. The first-order valence-electron chi connectivity index (χ1n) is 6.24. The first kappa shape index (κ1) is 14.9. The predicted molar refractivity (Wildman–Crippen MR) is 78.0 cm³/mol. The van der Waals surface area contributed by atoms with Crippen LogP contribution in [-0.4, -0.2) is 29.9 Å². The van der Waals surface area contributed by atoms with Crippen LogP contribution in [0.25, 0.3) is 0 Å². The Bertz CT molecular complexity index is 420. The highest BCUT2D eigenvalue weighted by Gasteiger charge is 2.20. The quantitative estimate of drug-likeness (QED) is 0.797. The van der Waals surface area contributed by atoms with E-state index in [9.17, 15) is 9.90 Å². The number of carboxylic acids is 1. The number of anilines is 1. The Labute approximate surface area is 113 Å². The number of thioether (sulfide) groups is 1. The van der Waals surface area contributed by atoms with Gasteiger partial charge < -0.3 is 10.0 Å². The van der Waals surface area contributed by atoms with Crippen molar-refractivity contribution in [2.24, 2.45) is 0 Å². The molecule has 1 atom stereocenters. The molecule has 3 nitrogen and oxygen atoms in total. The van der Waals surface area contributed by atoms with Gasteiger partial charge in [-0.2, -0.15) is 0 Å². The molecular weight excluding hydrogens is 246 g/mol. The molecular formula is C14H21NO2S. The minimum atomic E-state index is -0.850. The standard InChI is InChI=1S/C14H21NO2S/c1-5-10(3)15(4)11-8-7-9-12(18-6-2)13(11)14(16)17/h7-10H,5-6H2,1-4H3,(H,16,17). The summed E-state index contributed by atoms with van der Waals surface area (Å²) >= 11 is 1.57. The highest BCUT2D eigenvalue weighted by Crippen LogP contribution is 2.31. The molecule has 18 heavy (non-hydrogen) atoms. The van der Waals surface area contributed by atoms with Crippen molar-refractivity contribution >= 4 is 23.4 Å². The third kappa shape index (κ3) is 3.19. The van der Waals surface area contributed by atoms with Gasteiger partial charge in [0.15, 0.2) is 0 Å². The summed E-state index contributed by atoms with van der Waals surface area (Å²) in [5.41, 5.74) is 1.22. The van der Waals surface area contributed by atoms with Crippen molar-refractivity contribution in [3.05, 3.63) is 23.8 Å². The molecule has 1 rings (SSSR count). The normalized spacial score (nSPS) is 12.2. The van der Waals surface area contributed by atoms with Crippen LogP contribution < -0.4 is 4.90 Å². The van der Waals surface area contributed by atoms with Gasteiger partial charge in [0.05, 0.1) is 11.3 Å². The maximum atomic E-state index is 11.5. The van der Waals surface area contributed by atoms with E-state index < -0.39 is 5.97 Å². The highest BCUT2D eigenvalue weighted by atomic mass is 32.2. The predicted octanol–water partition coefficient (Wildman–Crippen LogP) is 3.73. The second-order valence-electron chi connectivity index (χ2n) is 4.26. The van der Waals surface area contributed by atoms with E-state index >= 15 is 0 Å². The monoisotopic (exact) mass is 267 g/mol. The van der Waals surface area contributed by atoms with Crippen LogP contribution in [-0.2, 0) is 0 Å². The zero-order chi connectivity index (χ0) is 13.7. The van der Waals surface area contributed by atoms with Crippen LogP contribution in [0.3, 0.4) is 0 Å². The van der Waals surface area contributed by atoms with E-state index in [1.807, 2.05) is 37.1 Å². The molecule has 0 amide bonds. The first-order chi connectivity index (χ1) is 8.52. The van der Waals surface area contributed by atoms with Crippen molar-refractivity contribution in [1.29, 1.82) is 0 Å². The third-order valence-electron chi connectivity index (χ3n) is 3.15. The van der Waals surface area contributed by atoms with Crippen LogP contribution in [0.15, 0.2) is 23.1 Å². The van der Waals surface area contributed by atoms with Gasteiger partial charge in [0, 0.05) is 18.0 Å². The van der Waals surface area contributed by atoms with Gasteiger partial charge in [-0.3, -0.25) is 0 Å². The number of benzene rings is 1. The van der Waals surface area contributed by atoms with Crippen LogP contribution in [0.5, 0.6) is 0 Å². The average Bonchev–Trinajstić information content (AvgIpc) is 2.36. The lowest BCUT2D eigenvalue weighted by Crippen LogP contribution is -2.29. The van der Waals surface area contributed by atoms with Crippen molar-refractivity contribution < 1.29 is 9.90 Å². The molecule has 100 valence electrons. The summed E-state index contributed by atoms with van der Waals surface area (Å²) in [6.07, 6.45) is 0.987. The molecule has 0 saturated heterocycles. The first-order valence-corrected chi connectivity index (χ1v) is 7.23. The Hall–Kier alpha value is -1.16. The molecule has 0 heterocycles. The van der Waals surface area contributed by atoms with Gasteiger partial charge in [-0.05, 0) is 31.2 Å². The molecule has 1 aromatic rings. The van der Waals surface area contributed by atoms with Crippen molar-refractivity contribution in [3.63, 3.8) is 0 Å². The van der Waals surface area contributed by atoms with E-state index in [1.54, 1.807) is 11.8 Å². The zero-order valence-corrected chi connectivity index (χ0v) is 12.3. The molecule has 0 radical (unpaired) electrons. The smallest absolute Gasteiger partial charge is 0.338 e. The molecule has 0 aromatic heterocycles. The van der Waals surface area contributed by atoms with Crippen molar-refractivity contribution in [1.82, 2.24) is 0 Å². The largest absolute Gasteiger partial charge is 0.478 e. The molecule has 0 saturated carbocycles. The Morgan fingerprint density at radius 2 is 2.11 bits per heavy atom. The SMILES string of the molecule is CCSc1cccc(N(C)C(C)CC)c1C(=O)O. The lowest BCUT2D eigenvalue weighted by Gasteiger charge is -2.28. The third-order valence-corrected chi connectivity index (χ3v) is 4.09. The number of carboxylic acid groups (broad SMARTS) is 1.